The molecule has 1 saturated heterocycles. The minimum atomic E-state index is -0.499. The van der Waals surface area contributed by atoms with Gasteiger partial charge in [0.05, 0.1) is 4.92 Å². The van der Waals surface area contributed by atoms with Crippen LogP contribution in [0.2, 0.25) is 0 Å². The highest BCUT2D eigenvalue weighted by atomic mass is 19.1. The van der Waals surface area contributed by atoms with Gasteiger partial charge in [0.15, 0.2) is 5.78 Å². The highest BCUT2D eigenvalue weighted by Crippen LogP contribution is 2.14. The van der Waals surface area contributed by atoms with E-state index in [2.05, 4.69) is 4.90 Å². The fourth-order valence-electron chi connectivity index (χ4n) is 3.12. The summed E-state index contributed by atoms with van der Waals surface area (Å²) in [7, 11) is 0. The molecule has 8 heteroatoms. The molecule has 0 bridgehead atoms. The number of nitro groups is 1. The number of carbonyl (C=O) groups excluding carboxylic acids is 2. The summed E-state index contributed by atoms with van der Waals surface area (Å²) in [5.41, 5.74) is 0.873. The van der Waals surface area contributed by atoms with Crippen molar-refractivity contribution in [3.05, 3.63) is 75.6 Å². The minimum Gasteiger partial charge on any atom is -0.336 e. The van der Waals surface area contributed by atoms with Gasteiger partial charge in [-0.05, 0) is 36.4 Å². The third-order valence-electron chi connectivity index (χ3n) is 4.81. The number of carbonyl (C=O) groups is 2. The van der Waals surface area contributed by atoms with Crippen molar-refractivity contribution >= 4 is 17.4 Å². The van der Waals surface area contributed by atoms with Gasteiger partial charge >= 0.3 is 0 Å². The van der Waals surface area contributed by atoms with Crippen molar-refractivity contribution in [3.8, 4) is 0 Å². The summed E-state index contributed by atoms with van der Waals surface area (Å²) in [6.07, 6.45) is 0.309. The van der Waals surface area contributed by atoms with Crippen LogP contribution in [0, 0.1) is 15.9 Å². The Bertz CT molecular complexity index is 860. The lowest BCUT2D eigenvalue weighted by Gasteiger charge is -2.34. The fraction of sp³-hybridized carbons (Fsp3) is 0.300. The molecule has 0 aromatic heterocycles. The van der Waals surface area contributed by atoms with E-state index in [0.29, 0.717) is 50.3 Å². The normalized spacial score (nSPS) is 14.7. The molecule has 0 radical (unpaired) electrons. The Morgan fingerprint density at radius 3 is 2.07 bits per heavy atom. The van der Waals surface area contributed by atoms with Crippen molar-refractivity contribution in [2.45, 2.75) is 6.42 Å². The lowest BCUT2D eigenvalue weighted by Crippen LogP contribution is -2.49. The van der Waals surface area contributed by atoms with Crippen LogP contribution >= 0.6 is 0 Å². The fourth-order valence-corrected chi connectivity index (χ4v) is 3.12. The van der Waals surface area contributed by atoms with E-state index < -0.39 is 4.92 Å². The van der Waals surface area contributed by atoms with Gasteiger partial charge < -0.3 is 4.90 Å². The van der Waals surface area contributed by atoms with E-state index in [-0.39, 0.29) is 23.2 Å². The number of nitro benzene ring substituents is 1. The highest BCUT2D eigenvalue weighted by Gasteiger charge is 2.22. The molecule has 1 fully saturated rings. The van der Waals surface area contributed by atoms with Gasteiger partial charge in [0.2, 0.25) is 0 Å². The number of piperazine rings is 1. The number of hydrogen-bond donors (Lipinski definition) is 0. The first-order chi connectivity index (χ1) is 13.4. The second-order valence-electron chi connectivity index (χ2n) is 6.62. The van der Waals surface area contributed by atoms with Crippen LogP contribution in [-0.4, -0.2) is 59.1 Å². The van der Waals surface area contributed by atoms with Crippen LogP contribution in [-0.2, 0) is 0 Å². The van der Waals surface area contributed by atoms with E-state index >= 15 is 0 Å². The van der Waals surface area contributed by atoms with Crippen LogP contribution in [0.4, 0.5) is 10.1 Å². The standard InChI is InChI=1S/C20H20FN3O4/c21-17-5-1-16(2-6-17)20(26)23-13-11-22(12-14-23)10-9-19(25)15-3-7-18(8-4-15)24(27)28/h1-8H,9-14H2. The molecule has 146 valence electrons. The first-order valence-electron chi connectivity index (χ1n) is 8.99. The smallest absolute Gasteiger partial charge is 0.269 e. The van der Waals surface area contributed by atoms with Gasteiger partial charge in [0.25, 0.3) is 11.6 Å². The topological polar surface area (TPSA) is 83.8 Å². The second kappa shape index (κ2) is 8.71. The lowest BCUT2D eigenvalue weighted by molar-refractivity contribution is -0.384. The number of ketones is 1. The van der Waals surface area contributed by atoms with E-state index in [1.54, 1.807) is 4.90 Å². The first kappa shape index (κ1) is 19.6. The van der Waals surface area contributed by atoms with E-state index in [1.165, 1.54) is 48.5 Å². The summed E-state index contributed by atoms with van der Waals surface area (Å²) < 4.78 is 13.0. The van der Waals surface area contributed by atoms with Crippen molar-refractivity contribution < 1.29 is 18.9 Å². The zero-order valence-electron chi connectivity index (χ0n) is 15.2. The van der Waals surface area contributed by atoms with Crippen LogP contribution in [0.15, 0.2) is 48.5 Å². The summed E-state index contributed by atoms with van der Waals surface area (Å²) in [6, 6.07) is 11.1. The van der Waals surface area contributed by atoms with Crippen LogP contribution < -0.4 is 0 Å². The molecule has 7 nitrogen and oxygen atoms in total. The zero-order valence-corrected chi connectivity index (χ0v) is 15.2. The monoisotopic (exact) mass is 385 g/mol. The maximum atomic E-state index is 13.0. The van der Waals surface area contributed by atoms with Crippen LogP contribution in [0.3, 0.4) is 0 Å². The van der Waals surface area contributed by atoms with Crippen LogP contribution in [0.5, 0.6) is 0 Å². The number of rotatable bonds is 6. The Kier molecular flexibility index (Phi) is 6.10. The molecular weight excluding hydrogens is 365 g/mol. The molecule has 0 atom stereocenters. The molecule has 0 aliphatic carbocycles. The molecule has 1 heterocycles. The predicted molar refractivity (Wildman–Crippen MR) is 101 cm³/mol. The van der Waals surface area contributed by atoms with E-state index in [0.717, 1.165) is 0 Å². The molecule has 3 rings (SSSR count). The Hall–Kier alpha value is -3.13. The van der Waals surface area contributed by atoms with Crippen molar-refractivity contribution in [2.75, 3.05) is 32.7 Å². The van der Waals surface area contributed by atoms with Crippen LogP contribution in [0.25, 0.3) is 0 Å². The maximum Gasteiger partial charge on any atom is 0.269 e. The molecular formula is C20H20FN3O4. The summed E-state index contributed by atoms with van der Waals surface area (Å²) in [5.74, 6) is -0.569. The second-order valence-corrected chi connectivity index (χ2v) is 6.62. The lowest BCUT2D eigenvalue weighted by atomic mass is 10.1. The van der Waals surface area contributed by atoms with Gasteiger partial charge in [-0.3, -0.25) is 24.6 Å². The number of non-ortho nitro benzene ring substituents is 1. The first-order valence-corrected chi connectivity index (χ1v) is 8.99. The number of amides is 1. The summed E-state index contributed by atoms with van der Waals surface area (Å²) >= 11 is 0. The van der Waals surface area contributed by atoms with Gasteiger partial charge in [-0.1, -0.05) is 0 Å². The highest BCUT2D eigenvalue weighted by molar-refractivity contribution is 5.96. The maximum absolute atomic E-state index is 13.0. The van der Waals surface area contributed by atoms with Gasteiger partial charge in [-0.25, -0.2) is 4.39 Å². The molecule has 0 unspecified atom stereocenters. The summed E-state index contributed by atoms with van der Waals surface area (Å²) in [4.78, 5) is 38.7. The van der Waals surface area contributed by atoms with Gasteiger partial charge in [0, 0.05) is 62.4 Å². The van der Waals surface area contributed by atoms with E-state index in [4.69, 9.17) is 0 Å². The number of benzene rings is 2. The zero-order chi connectivity index (χ0) is 20.1. The summed E-state index contributed by atoms with van der Waals surface area (Å²) in [6.45, 7) is 2.96. The molecule has 1 aliphatic heterocycles. The third-order valence-corrected chi connectivity index (χ3v) is 4.81. The molecule has 28 heavy (non-hydrogen) atoms. The Morgan fingerprint density at radius 1 is 0.929 bits per heavy atom. The number of nitrogens with zero attached hydrogens (tertiary/aromatic N) is 3. The van der Waals surface area contributed by atoms with Gasteiger partial charge in [0.1, 0.15) is 5.82 Å². The SMILES string of the molecule is O=C(CCN1CCN(C(=O)c2ccc(F)cc2)CC1)c1ccc([N+](=O)[O-])cc1. The van der Waals surface area contributed by atoms with Crippen LogP contribution in [0.1, 0.15) is 27.1 Å². The molecule has 2 aromatic carbocycles. The largest absolute Gasteiger partial charge is 0.336 e. The van der Waals surface area contributed by atoms with E-state index in [9.17, 15) is 24.1 Å². The average molecular weight is 385 g/mol. The molecule has 2 aromatic rings. The van der Waals surface area contributed by atoms with E-state index in [1.807, 2.05) is 0 Å². The number of Topliss-reactive ketones (excluding diaryl/α,β-unsaturated/α-hetero) is 1. The average Bonchev–Trinajstić information content (AvgIpc) is 2.72. The van der Waals surface area contributed by atoms with Crippen molar-refractivity contribution in [1.82, 2.24) is 9.80 Å². The quantitative estimate of drug-likeness (QED) is 0.434. The summed E-state index contributed by atoms with van der Waals surface area (Å²) in [5, 5.41) is 10.7. The van der Waals surface area contributed by atoms with Gasteiger partial charge in [-0.15, -0.1) is 0 Å². The Balaban J connectivity index is 1.46. The molecule has 0 saturated carbocycles. The predicted octanol–water partition coefficient (Wildman–Crippen LogP) is 2.76. The van der Waals surface area contributed by atoms with Gasteiger partial charge in [-0.2, -0.15) is 0 Å². The third kappa shape index (κ3) is 4.77. The van der Waals surface area contributed by atoms with Crippen molar-refractivity contribution in [2.24, 2.45) is 0 Å². The molecule has 1 aliphatic rings. The molecule has 1 amide bonds. The Labute approximate surface area is 161 Å². The minimum absolute atomic E-state index is 0.0431. The number of halogens is 1. The number of hydrogen-bond acceptors (Lipinski definition) is 5. The van der Waals surface area contributed by atoms with Crippen molar-refractivity contribution in [3.63, 3.8) is 0 Å². The Morgan fingerprint density at radius 2 is 1.50 bits per heavy atom. The molecule has 0 N–H and O–H groups in total. The molecule has 0 spiro atoms. The van der Waals surface area contributed by atoms with Crippen molar-refractivity contribution in [1.29, 1.82) is 0 Å².